The molecule has 3 rings (SSSR count). The molecule has 1 aliphatic heterocycles. The van der Waals surface area contributed by atoms with Crippen LogP contribution in [0.2, 0.25) is 0 Å². The molecule has 1 amide bonds. The largest absolute Gasteiger partial charge is 0.489 e. The van der Waals surface area contributed by atoms with Gasteiger partial charge in [0.25, 0.3) is 5.91 Å². The number of rotatable bonds is 6. The number of nitrogens with one attached hydrogen (secondary N) is 1. The topological polar surface area (TPSA) is 118 Å². The number of pyridine rings is 1. The molecule has 0 aliphatic carbocycles. The van der Waals surface area contributed by atoms with Crippen molar-refractivity contribution in [1.29, 1.82) is 0 Å². The van der Waals surface area contributed by atoms with Crippen LogP contribution in [0.4, 0.5) is 5.69 Å². The van der Waals surface area contributed by atoms with Gasteiger partial charge in [-0.05, 0) is 23.7 Å². The average molecular weight is 356 g/mol. The van der Waals surface area contributed by atoms with Crippen LogP contribution in [0.25, 0.3) is 0 Å². The minimum absolute atomic E-state index is 0.00917. The van der Waals surface area contributed by atoms with Gasteiger partial charge >= 0.3 is 7.12 Å². The lowest BCUT2D eigenvalue weighted by atomic mass is 9.77. The van der Waals surface area contributed by atoms with Crippen LogP contribution >= 0.6 is 0 Å². The fraction of sp³-hybridized carbons (Fsp3) is 0.235. The molecule has 0 saturated carbocycles. The Balaban J connectivity index is 1.66. The lowest BCUT2D eigenvalue weighted by Crippen LogP contribution is -2.33. The highest BCUT2D eigenvalue weighted by Crippen LogP contribution is 2.17. The highest BCUT2D eigenvalue weighted by molar-refractivity contribution is 6.60. The molecule has 0 spiro atoms. The summed E-state index contributed by atoms with van der Waals surface area (Å²) in [6, 6.07) is 7.32. The maximum absolute atomic E-state index is 12.3. The van der Waals surface area contributed by atoms with E-state index in [0.717, 1.165) is 6.42 Å². The molecule has 26 heavy (non-hydrogen) atoms. The molecule has 1 aromatic carbocycles. The third-order valence-corrected chi connectivity index (χ3v) is 3.92. The number of aromatic nitrogens is 1. The van der Waals surface area contributed by atoms with Crippen molar-refractivity contribution in [3.05, 3.63) is 47.7 Å². The Bertz CT molecular complexity index is 790. The summed E-state index contributed by atoms with van der Waals surface area (Å²) in [5.74, 6) is -0.00485. The molecule has 0 radical (unpaired) electrons. The third-order valence-electron chi connectivity index (χ3n) is 3.92. The number of anilines is 1. The molecule has 9 heteroatoms. The highest BCUT2D eigenvalue weighted by atomic mass is 16.5. The Morgan fingerprint density at radius 3 is 2.81 bits per heavy atom. The van der Waals surface area contributed by atoms with Crippen molar-refractivity contribution in [1.82, 2.24) is 4.98 Å². The second-order valence-electron chi connectivity index (χ2n) is 5.78. The molecule has 1 unspecified atom stereocenters. The van der Waals surface area contributed by atoms with Crippen molar-refractivity contribution in [3.63, 3.8) is 0 Å². The monoisotopic (exact) mass is 356 g/mol. The second-order valence-corrected chi connectivity index (χ2v) is 5.78. The van der Waals surface area contributed by atoms with Crippen molar-refractivity contribution in [2.45, 2.75) is 12.5 Å². The van der Waals surface area contributed by atoms with Crippen LogP contribution in [0.1, 0.15) is 27.1 Å². The summed E-state index contributed by atoms with van der Waals surface area (Å²) < 4.78 is 10.9. The molecule has 2 aromatic rings. The quantitative estimate of drug-likeness (QED) is 0.492. The molecular formula is C17H17BN2O6. The maximum atomic E-state index is 12.3. The molecule has 1 aromatic heterocycles. The lowest BCUT2D eigenvalue weighted by Gasteiger charge is -2.11. The number of carbonyl (C=O) groups is 2. The summed E-state index contributed by atoms with van der Waals surface area (Å²) >= 11 is 0. The van der Waals surface area contributed by atoms with E-state index in [1.807, 2.05) is 0 Å². The normalized spacial score (nSPS) is 16.2. The summed E-state index contributed by atoms with van der Waals surface area (Å²) in [5.41, 5.74) is 0.743. The first kappa shape index (κ1) is 18.1. The van der Waals surface area contributed by atoms with Crippen LogP contribution in [-0.2, 0) is 4.74 Å². The zero-order valence-electron chi connectivity index (χ0n) is 13.8. The number of nitrogens with zero attached hydrogens (tertiary/aromatic N) is 1. The lowest BCUT2D eigenvalue weighted by molar-refractivity contribution is 0.102. The molecule has 1 atom stereocenters. The first-order valence-electron chi connectivity index (χ1n) is 8.04. The summed E-state index contributed by atoms with van der Waals surface area (Å²) in [7, 11) is -1.78. The third kappa shape index (κ3) is 4.26. The van der Waals surface area contributed by atoms with Crippen molar-refractivity contribution >= 4 is 30.5 Å². The fourth-order valence-electron chi connectivity index (χ4n) is 2.56. The first-order valence-corrected chi connectivity index (χ1v) is 8.04. The predicted octanol–water partition coefficient (Wildman–Crippen LogP) is -0.00610. The van der Waals surface area contributed by atoms with Crippen molar-refractivity contribution in [2.24, 2.45) is 0 Å². The van der Waals surface area contributed by atoms with E-state index >= 15 is 0 Å². The van der Waals surface area contributed by atoms with Gasteiger partial charge in [0.1, 0.15) is 12.4 Å². The summed E-state index contributed by atoms with van der Waals surface area (Å²) in [6.45, 7) is 1.21. The van der Waals surface area contributed by atoms with Crippen LogP contribution in [-0.4, -0.2) is 53.7 Å². The van der Waals surface area contributed by atoms with Crippen molar-refractivity contribution in [3.8, 4) is 5.88 Å². The number of aldehydes is 1. The number of benzene rings is 1. The molecule has 1 aliphatic rings. The van der Waals surface area contributed by atoms with E-state index in [0.29, 0.717) is 31.1 Å². The molecular weight excluding hydrogens is 339 g/mol. The summed E-state index contributed by atoms with van der Waals surface area (Å²) in [6.07, 6.45) is 2.74. The van der Waals surface area contributed by atoms with Gasteiger partial charge in [-0.2, -0.15) is 0 Å². The Morgan fingerprint density at radius 2 is 2.19 bits per heavy atom. The number of hydrogen-bond donors (Lipinski definition) is 3. The van der Waals surface area contributed by atoms with Gasteiger partial charge in [-0.1, -0.05) is 6.07 Å². The van der Waals surface area contributed by atoms with E-state index in [1.54, 1.807) is 12.1 Å². The van der Waals surface area contributed by atoms with E-state index < -0.39 is 13.0 Å². The van der Waals surface area contributed by atoms with Crippen LogP contribution < -0.4 is 15.5 Å². The Hall–Kier alpha value is -2.75. The van der Waals surface area contributed by atoms with Crippen LogP contribution in [0, 0.1) is 0 Å². The van der Waals surface area contributed by atoms with Gasteiger partial charge in [0.05, 0.1) is 25.1 Å². The number of carbonyl (C=O) groups excluding carboxylic acids is 2. The molecule has 2 heterocycles. The molecule has 1 saturated heterocycles. The first-order chi connectivity index (χ1) is 12.6. The highest BCUT2D eigenvalue weighted by Gasteiger charge is 2.19. The average Bonchev–Trinajstić information content (AvgIpc) is 3.15. The van der Waals surface area contributed by atoms with Gasteiger partial charge in [-0.15, -0.1) is 0 Å². The molecule has 8 nitrogen and oxygen atoms in total. The van der Waals surface area contributed by atoms with E-state index in [-0.39, 0.29) is 22.7 Å². The van der Waals surface area contributed by atoms with Gasteiger partial charge in [0.15, 0.2) is 0 Å². The van der Waals surface area contributed by atoms with E-state index in [9.17, 15) is 19.6 Å². The van der Waals surface area contributed by atoms with Gasteiger partial charge in [0, 0.05) is 23.6 Å². The number of hydrogen-bond acceptors (Lipinski definition) is 7. The minimum Gasteiger partial charge on any atom is -0.472 e. The smallest absolute Gasteiger partial charge is 0.472 e. The zero-order chi connectivity index (χ0) is 18.5. The molecule has 134 valence electrons. The van der Waals surface area contributed by atoms with E-state index in [1.165, 1.54) is 24.4 Å². The van der Waals surface area contributed by atoms with Gasteiger partial charge in [-0.25, -0.2) is 4.98 Å². The number of amides is 1. The summed E-state index contributed by atoms with van der Waals surface area (Å²) in [5, 5.41) is 21.0. The van der Waals surface area contributed by atoms with Gasteiger partial charge in [0.2, 0.25) is 5.88 Å². The van der Waals surface area contributed by atoms with Gasteiger partial charge in [-0.3, -0.25) is 9.59 Å². The minimum atomic E-state index is -1.78. The van der Waals surface area contributed by atoms with E-state index in [2.05, 4.69) is 10.3 Å². The predicted molar refractivity (Wildman–Crippen MR) is 93.7 cm³/mol. The molecule has 0 bridgehead atoms. The molecule has 3 N–H and O–H groups in total. The van der Waals surface area contributed by atoms with Crippen molar-refractivity contribution < 1.29 is 29.1 Å². The Labute approximate surface area is 149 Å². The standard InChI is InChI=1S/C17H17BN2O6/c21-9-12-7-11(1-3-15(12)18(23)24)17(22)20-13-2-4-16(19-8-13)26-14-5-6-25-10-14/h1-4,7-9,14,23-24H,5-6,10H2,(H,20,22). The van der Waals surface area contributed by atoms with Crippen molar-refractivity contribution in [2.75, 3.05) is 18.5 Å². The maximum Gasteiger partial charge on any atom is 0.489 e. The van der Waals surface area contributed by atoms with Crippen LogP contribution in [0.3, 0.4) is 0 Å². The molecule has 1 fully saturated rings. The SMILES string of the molecule is O=Cc1cc(C(=O)Nc2ccc(OC3CCOC3)nc2)ccc1B(O)O. The van der Waals surface area contributed by atoms with Crippen LogP contribution in [0.5, 0.6) is 5.88 Å². The fourth-order valence-corrected chi connectivity index (χ4v) is 2.56. The van der Waals surface area contributed by atoms with E-state index in [4.69, 9.17) is 9.47 Å². The second kappa shape index (κ2) is 8.09. The summed E-state index contributed by atoms with van der Waals surface area (Å²) in [4.78, 5) is 27.5. The number of ether oxygens (including phenoxy) is 2. The zero-order valence-corrected chi connectivity index (χ0v) is 13.8. The Kier molecular flexibility index (Phi) is 5.62. The van der Waals surface area contributed by atoms with Crippen LogP contribution in [0.15, 0.2) is 36.5 Å². The Morgan fingerprint density at radius 1 is 1.35 bits per heavy atom. The van der Waals surface area contributed by atoms with Gasteiger partial charge < -0.3 is 24.8 Å².